The lowest BCUT2D eigenvalue weighted by Crippen LogP contribution is -2.52. The van der Waals surface area contributed by atoms with Crippen molar-refractivity contribution in [2.75, 3.05) is 17.9 Å². The van der Waals surface area contributed by atoms with Crippen molar-refractivity contribution in [1.82, 2.24) is 4.90 Å². The first-order valence-corrected chi connectivity index (χ1v) is 11.8. The predicted molar refractivity (Wildman–Crippen MR) is 120 cm³/mol. The molecule has 4 rings (SSSR count). The lowest BCUT2D eigenvalue weighted by atomic mass is 9.98. The molecule has 0 spiro atoms. The second-order valence-electron chi connectivity index (χ2n) is 7.67. The number of ether oxygens (including phenoxy) is 1. The summed E-state index contributed by atoms with van der Waals surface area (Å²) in [5.41, 5.74) is 1.79. The third-order valence-corrected chi connectivity index (χ3v) is 6.85. The van der Waals surface area contributed by atoms with E-state index in [0.717, 1.165) is 5.56 Å². The summed E-state index contributed by atoms with van der Waals surface area (Å²) < 4.78 is 46.5. The summed E-state index contributed by atoms with van der Waals surface area (Å²) in [5.74, 6) is -0.645. The van der Waals surface area contributed by atoms with Gasteiger partial charge in [0.15, 0.2) is 0 Å². The Morgan fingerprint density at radius 1 is 1.00 bits per heavy atom. The molecule has 2 N–H and O–H groups in total. The molecule has 3 aromatic carbocycles. The van der Waals surface area contributed by atoms with E-state index in [2.05, 4.69) is 4.72 Å². The highest BCUT2D eigenvalue weighted by atomic mass is 32.2. The summed E-state index contributed by atoms with van der Waals surface area (Å²) in [4.78, 5) is 14.2. The fourth-order valence-electron chi connectivity index (χ4n) is 3.76. The molecule has 3 aromatic rings. The Bertz CT molecular complexity index is 1200. The quantitative estimate of drug-likeness (QED) is 0.553. The third-order valence-electron chi connectivity index (χ3n) is 5.45. The largest absolute Gasteiger partial charge is 0.394 e. The number of nitrogens with one attached hydrogen (secondary N) is 1. The van der Waals surface area contributed by atoms with Gasteiger partial charge < -0.3 is 14.7 Å². The number of anilines is 1. The van der Waals surface area contributed by atoms with Crippen LogP contribution in [0.15, 0.2) is 83.8 Å². The van der Waals surface area contributed by atoms with Crippen LogP contribution < -0.4 is 4.72 Å². The molecule has 2 atom stereocenters. The minimum Gasteiger partial charge on any atom is -0.394 e. The lowest BCUT2D eigenvalue weighted by molar-refractivity contribution is -0.162. The first-order chi connectivity index (χ1) is 15.9. The fraction of sp³-hybridized carbons (Fsp3) is 0.208. The van der Waals surface area contributed by atoms with Crippen molar-refractivity contribution < 1.29 is 27.4 Å². The fourth-order valence-corrected chi connectivity index (χ4v) is 4.84. The predicted octanol–water partition coefficient (Wildman–Crippen LogP) is 3.09. The Morgan fingerprint density at radius 3 is 2.30 bits per heavy atom. The molecule has 1 aliphatic heterocycles. The highest BCUT2D eigenvalue weighted by Gasteiger charge is 2.37. The van der Waals surface area contributed by atoms with Crippen molar-refractivity contribution in [2.45, 2.75) is 23.6 Å². The molecule has 0 unspecified atom stereocenters. The van der Waals surface area contributed by atoms with Gasteiger partial charge in [0.25, 0.3) is 10.0 Å². The summed E-state index contributed by atoms with van der Waals surface area (Å²) in [7, 11) is -3.72. The molecule has 0 aliphatic carbocycles. The van der Waals surface area contributed by atoms with Gasteiger partial charge >= 0.3 is 0 Å². The van der Waals surface area contributed by atoms with Crippen LogP contribution >= 0.6 is 0 Å². The topological polar surface area (TPSA) is 95.9 Å². The van der Waals surface area contributed by atoms with E-state index in [-0.39, 0.29) is 36.4 Å². The minimum absolute atomic E-state index is 0.153. The maximum absolute atomic E-state index is 13.2. The number of morpholine rings is 1. The van der Waals surface area contributed by atoms with Gasteiger partial charge in [-0.15, -0.1) is 0 Å². The molecule has 0 bridgehead atoms. The Balaban J connectivity index is 1.51. The van der Waals surface area contributed by atoms with Crippen molar-refractivity contribution >= 4 is 21.6 Å². The van der Waals surface area contributed by atoms with Crippen LogP contribution in [0.2, 0.25) is 0 Å². The van der Waals surface area contributed by atoms with Crippen molar-refractivity contribution in [3.63, 3.8) is 0 Å². The molecule has 1 saturated heterocycles. The van der Waals surface area contributed by atoms with Crippen LogP contribution in [0.3, 0.4) is 0 Å². The van der Waals surface area contributed by atoms with Crippen LogP contribution in [0.25, 0.3) is 0 Å². The molecule has 1 fully saturated rings. The van der Waals surface area contributed by atoms with E-state index in [0.29, 0.717) is 11.3 Å². The van der Waals surface area contributed by atoms with Crippen molar-refractivity contribution in [3.8, 4) is 0 Å². The molecule has 0 saturated carbocycles. The third kappa shape index (κ3) is 5.22. The van der Waals surface area contributed by atoms with Gasteiger partial charge in [-0.05, 0) is 47.5 Å². The van der Waals surface area contributed by atoms with E-state index < -0.39 is 22.2 Å². The number of halogens is 1. The van der Waals surface area contributed by atoms with Crippen molar-refractivity contribution in [2.24, 2.45) is 0 Å². The molecule has 33 heavy (non-hydrogen) atoms. The molecule has 9 heteroatoms. The number of aliphatic hydroxyl groups is 1. The molecule has 0 aromatic heterocycles. The van der Waals surface area contributed by atoms with Gasteiger partial charge in [-0.3, -0.25) is 9.52 Å². The normalized spacial score (nSPS) is 18.8. The molecular formula is C24H23FN2O5S. The molecule has 7 nitrogen and oxygen atoms in total. The van der Waals surface area contributed by atoms with Gasteiger partial charge in [0.2, 0.25) is 5.91 Å². The molecule has 0 radical (unpaired) electrons. The number of rotatable bonds is 7. The number of carbonyl (C=O) groups excluding carboxylic acids is 1. The number of benzene rings is 3. The SMILES string of the molecule is O=C1CO[C@H](c2ccc(NS(=O)(=O)c3ccccc3)cc2)[C@@H](CO)N1Cc1ccc(F)cc1. The molecule has 1 amide bonds. The number of amides is 1. The van der Waals surface area contributed by atoms with Crippen LogP contribution in [-0.4, -0.2) is 43.6 Å². The molecule has 172 valence electrons. The van der Waals surface area contributed by atoms with E-state index >= 15 is 0 Å². The first-order valence-electron chi connectivity index (χ1n) is 10.3. The monoisotopic (exact) mass is 470 g/mol. The minimum atomic E-state index is -3.72. The maximum atomic E-state index is 13.2. The van der Waals surface area contributed by atoms with E-state index in [1.807, 2.05) is 0 Å². The zero-order chi connectivity index (χ0) is 23.4. The van der Waals surface area contributed by atoms with Gasteiger partial charge in [-0.25, -0.2) is 12.8 Å². The van der Waals surface area contributed by atoms with Gasteiger partial charge in [0.1, 0.15) is 18.5 Å². The number of nitrogens with zero attached hydrogens (tertiary/aromatic N) is 1. The Kier molecular flexibility index (Phi) is 6.73. The Morgan fingerprint density at radius 2 is 1.67 bits per heavy atom. The van der Waals surface area contributed by atoms with E-state index in [1.165, 1.54) is 29.2 Å². The van der Waals surface area contributed by atoms with Gasteiger partial charge in [-0.1, -0.05) is 42.5 Å². The second-order valence-corrected chi connectivity index (χ2v) is 9.35. The van der Waals surface area contributed by atoms with Gasteiger partial charge in [0, 0.05) is 12.2 Å². The van der Waals surface area contributed by atoms with Crippen LogP contribution in [0.1, 0.15) is 17.2 Å². The number of sulfonamides is 1. The first kappa shape index (κ1) is 22.9. The molecule has 1 aliphatic rings. The highest BCUT2D eigenvalue weighted by molar-refractivity contribution is 7.92. The van der Waals surface area contributed by atoms with Crippen molar-refractivity contribution in [1.29, 1.82) is 0 Å². The Labute approximate surface area is 191 Å². The zero-order valence-electron chi connectivity index (χ0n) is 17.6. The van der Waals surface area contributed by atoms with Gasteiger partial charge in [0.05, 0.1) is 17.5 Å². The number of carbonyl (C=O) groups is 1. The van der Waals surface area contributed by atoms with Crippen molar-refractivity contribution in [3.05, 3.63) is 95.8 Å². The summed E-state index contributed by atoms with van der Waals surface area (Å²) in [6.45, 7) is -0.288. The Hall–Kier alpha value is -3.27. The zero-order valence-corrected chi connectivity index (χ0v) is 18.4. The number of hydrogen-bond acceptors (Lipinski definition) is 5. The average molecular weight is 471 g/mol. The van der Waals surface area contributed by atoms with Crippen LogP contribution in [0.4, 0.5) is 10.1 Å². The maximum Gasteiger partial charge on any atom is 0.261 e. The molecule has 1 heterocycles. The average Bonchev–Trinajstić information content (AvgIpc) is 2.82. The number of hydrogen-bond donors (Lipinski definition) is 2. The summed E-state index contributed by atoms with van der Waals surface area (Å²) in [6.07, 6.45) is -0.604. The van der Waals surface area contributed by atoms with Crippen LogP contribution in [0.5, 0.6) is 0 Å². The standard InChI is InChI=1S/C24H23FN2O5S/c25-19-10-6-17(7-11-19)14-27-22(15-28)24(32-16-23(27)29)18-8-12-20(13-9-18)26-33(30,31)21-4-2-1-3-5-21/h1-13,22,24,26,28H,14-16H2/t22-,24-/m1/s1. The lowest BCUT2D eigenvalue weighted by Gasteiger charge is -2.40. The van der Waals surface area contributed by atoms with Crippen LogP contribution in [-0.2, 0) is 26.1 Å². The van der Waals surface area contributed by atoms with E-state index in [9.17, 15) is 22.7 Å². The summed E-state index contributed by atoms with van der Waals surface area (Å²) in [5, 5.41) is 10.0. The summed E-state index contributed by atoms with van der Waals surface area (Å²) >= 11 is 0. The molecular weight excluding hydrogens is 447 g/mol. The number of aliphatic hydroxyl groups excluding tert-OH is 1. The highest BCUT2D eigenvalue weighted by Crippen LogP contribution is 2.31. The van der Waals surface area contributed by atoms with Gasteiger partial charge in [-0.2, -0.15) is 0 Å². The summed E-state index contributed by atoms with van der Waals surface area (Å²) in [6, 6.07) is 19.8. The van der Waals surface area contributed by atoms with Crippen LogP contribution in [0, 0.1) is 5.82 Å². The smallest absolute Gasteiger partial charge is 0.261 e. The van der Waals surface area contributed by atoms with E-state index in [1.54, 1.807) is 54.6 Å². The second kappa shape index (κ2) is 9.70. The van der Waals surface area contributed by atoms with E-state index in [4.69, 9.17) is 4.74 Å².